The number of aryl methyl sites for hydroxylation is 1. The van der Waals surface area contributed by atoms with Crippen LogP contribution in [-0.2, 0) is 17.6 Å². The van der Waals surface area contributed by atoms with E-state index < -0.39 is 0 Å². The number of fused-ring (bicyclic) bond motifs is 1. The van der Waals surface area contributed by atoms with Crippen LogP contribution in [0.5, 0.6) is 0 Å². The largest absolute Gasteiger partial charge is 0.461 e. The number of pyridine rings is 2. The Morgan fingerprint density at radius 1 is 1.22 bits per heavy atom. The van der Waals surface area contributed by atoms with Crippen molar-refractivity contribution in [3.8, 4) is 0 Å². The van der Waals surface area contributed by atoms with Gasteiger partial charge in [0.1, 0.15) is 0 Å². The van der Waals surface area contributed by atoms with Crippen molar-refractivity contribution in [2.45, 2.75) is 39.5 Å². The number of esters is 1. The second-order valence-electron chi connectivity index (χ2n) is 5.78. The first kappa shape index (κ1) is 15.5. The lowest BCUT2D eigenvalue weighted by molar-refractivity contribution is 0.0517. The molecule has 0 amide bonds. The Kier molecular flexibility index (Phi) is 4.55. The first-order chi connectivity index (χ1) is 11.2. The van der Waals surface area contributed by atoms with Gasteiger partial charge in [0.05, 0.1) is 30.4 Å². The van der Waals surface area contributed by atoms with Crippen LogP contribution in [0.15, 0.2) is 24.7 Å². The first-order valence-electron chi connectivity index (χ1n) is 8.05. The van der Waals surface area contributed by atoms with Gasteiger partial charge in [-0.1, -0.05) is 0 Å². The van der Waals surface area contributed by atoms with E-state index in [2.05, 4.69) is 15.3 Å². The van der Waals surface area contributed by atoms with Crippen LogP contribution < -0.4 is 5.32 Å². The van der Waals surface area contributed by atoms with E-state index in [1.807, 2.05) is 26.1 Å². The van der Waals surface area contributed by atoms with Crippen molar-refractivity contribution in [3.05, 3.63) is 47.0 Å². The zero-order valence-electron chi connectivity index (χ0n) is 13.6. The summed E-state index contributed by atoms with van der Waals surface area (Å²) in [5, 5.41) is 3.39. The fourth-order valence-corrected chi connectivity index (χ4v) is 3.01. The van der Waals surface area contributed by atoms with Gasteiger partial charge in [-0.25, -0.2) is 9.78 Å². The molecular formula is C18H21N3O2. The maximum Gasteiger partial charge on any atom is 0.357 e. The molecule has 5 nitrogen and oxygen atoms in total. The molecule has 1 aliphatic carbocycles. The van der Waals surface area contributed by atoms with E-state index in [-0.39, 0.29) is 5.97 Å². The Bertz CT molecular complexity index is 728. The second-order valence-corrected chi connectivity index (χ2v) is 5.78. The van der Waals surface area contributed by atoms with Gasteiger partial charge in [0.2, 0.25) is 0 Å². The molecule has 0 aromatic carbocycles. The number of nitrogens with zero attached hydrogens (tertiary/aromatic N) is 2. The van der Waals surface area contributed by atoms with E-state index in [9.17, 15) is 4.79 Å². The van der Waals surface area contributed by atoms with Gasteiger partial charge in [0.25, 0.3) is 0 Å². The number of hydrogen-bond donors (Lipinski definition) is 1. The van der Waals surface area contributed by atoms with Gasteiger partial charge in [-0.2, -0.15) is 0 Å². The normalized spacial score (nSPS) is 13.3. The number of aromatic nitrogens is 2. The van der Waals surface area contributed by atoms with E-state index in [1.165, 1.54) is 5.56 Å². The molecule has 0 saturated carbocycles. The van der Waals surface area contributed by atoms with E-state index in [1.54, 1.807) is 12.4 Å². The van der Waals surface area contributed by atoms with E-state index in [4.69, 9.17) is 4.74 Å². The molecule has 0 fully saturated rings. The number of carbonyl (C=O) groups is 1. The summed E-state index contributed by atoms with van der Waals surface area (Å²) in [4.78, 5) is 20.7. The molecule has 0 aliphatic heterocycles. The van der Waals surface area contributed by atoms with Crippen molar-refractivity contribution >= 4 is 17.3 Å². The van der Waals surface area contributed by atoms with Crippen molar-refractivity contribution in [1.82, 2.24) is 9.97 Å². The molecule has 2 heterocycles. The fraction of sp³-hybridized carbons (Fsp3) is 0.389. The summed E-state index contributed by atoms with van der Waals surface area (Å²) in [5.74, 6) is -0.325. The van der Waals surface area contributed by atoms with E-state index in [0.717, 1.165) is 48.2 Å². The van der Waals surface area contributed by atoms with Gasteiger partial charge in [-0.05, 0) is 62.3 Å². The zero-order chi connectivity index (χ0) is 16.2. The Morgan fingerprint density at radius 3 is 2.74 bits per heavy atom. The number of hydrogen-bond acceptors (Lipinski definition) is 5. The topological polar surface area (TPSA) is 64.1 Å². The summed E-state index contributed by atoms with van der Waals surface area (Å²) in [5.41, 5.74) is 5.66. The first-order valence-corrected chi connectivity index (χ1v) is 8.05. The number of rotatable bonds is 4. The summed E-state index contributed by atoms with van der Waals surface area (Å²) >= 11 is 0. The molecule has 23 heavy (non-hydrogen) atoms. The van der Waals surface area contributed by atoms with Crippen LogP contribution >= 0.6 is 0 Å². The predicted molar refractivity (Wildman–Crippen MR) is 89.1 cm³/mol. The van der Waals surface area contributed by atoms with Crippen LogP contribution in [0.3, 0.4) is 0 Å². The van der Waals surface area contributed by atoms with Crippen LogP contribution in [0.1, 0.15) is 46.9 Å². The van der Waals surface area contributed by atoms with Crippen LogP contribution in [0.2, 0.25) is 0 Å². The minimum absolute atomic E-state index is 0.325. The molecule has 120 valence electrons. The Labute approximate surface area is 136 Å². The maximum atomic E-state index is 12.1. The molecule has 1 aliphatic rings. The SMILES string of the molecule is CCOC(=O)c1ncc(Nc2cncc(C)c2)c2c1CCCC2. The summed E-state index contributed by atoms with van der Waals surface area (Å²) in [7, 11) is 0. The Hall–Kier alpha value is -2.43. The van der Waals surface area contributed by atoms with Crippen molar-refractivity contribution in [1.29, 1.82) is 0 Å². The molecule has 1 N–H and O–H groups in total. The smallest absolute Gasteiger partial charge is 0.357 e. The van der Waals surface area contributed by atoms with Crippen LogP contribution in [0.25, 0.3) is 0 Å². The molecule has 0 saturated heterocycles. The Balaban J connectivity index is 1.97. The predicted octanol–water partition coefficient (Wildman–Crippen LogP) is 3.58. The molecule has 2 aromatic rings. The lowest BCUT2D eigenvalue weighted by Gasteiger charge is -2.22. The minimum Gasteiger partial charge on any atom is -0.461 e. The average Bonchev–Trinajstić information content (AvgIpc) is 2.55. The third-order valence-corrected chi connectivity index (χ3v) is 4.02. The van der Waals surface area contributed by atoms with E-state index in [0.29, 0.717) is 12.3 Å². The van der Waals surface area contributed by atoms with Crippen molar-refractivity contribution in [2.75, 3.05) is 11.9 Å². The third-order valence-electron chi connectivity index (χ3n) is 4.02. The van der Waals surface area contributed by atoms with Crippen LogP contribution in [0.4, 0.5) is 11.4 Å². The molecule has 0 atom stereocenters. The van der Waals surface area contributed by atoms with Gasteiger partial charge < -0.3 is 10.1 Å². The summed E-state index contributed by atoms with van der Waals surface area (Å²) in [6.45, 7) is 4.19. The maximum absolute atomic E-state index is 12.1. The molecule has 0 spiro atoms. The summed E-state index contributed by atoms with van der Waals surface area (Å²) in [6, 6.07) is 2.04. The highest BCUT2D eigenvalue weighted by Gasteiger charge is 2.23. The number of anilines is 2. The number of carbonyl (C=O) groups excluding carboxylic acids is 1. The van der Waals surface area contributed by atoms with Gasteiger partial charge in [0.15, 0.2) is 5.69 Å². The molecule has 2 aromatic heterocycles. The lowest BCUT2D eigenvalue weighted by atomic mass is 9.89. The average molecular weight is 311 g/mol. The molecular weight excluding hydrogens is 290 g/mol. The monoisotopic (exact) mass is 311 g/mol. The summed E-state index contributed by atoms with van der Waals surface area (Å²) < 4.78 is 5.14. The highest BCUT2D eigenvalue weighted by Crippen LogP contribution is 2.31. The standard InChI is InChI=1S/C18H21N3O2/c1-3-23-18(22)17-15-7-5-4-6-14(15)16(11-20-17)21-13-8-12(2)9-19-10-13/h8-11,21H,3-7H2,1-2H3. The van der Waals surface area contributed by atoms with Gasteiger partial charge >= 0.3 is 5.97 Å². The fourth-order valence-electron chi connectivity index (χ4n) is 3.01. The van der Waals surface area contributed by atoms with Crippen molar-refractivity contribution < 1.29 is 9.53 Å². The second kappa shape index (κ2) is 6.77. The molecule has 3 rings (SSSR count). The molecule has 0 unspecified atom stereocenters. The Morgan fingerprint density at radius 2 is 2.00 bits per heavy atom. The minimum atomic E-state index is -0.325. The van der Waals surface area contributed by atoms with Gasteiger partial charge in [-0.3, -0.25) is 4.98 Å². The number of ether oxygens (including phenoxy) is 1. The molecule has 0 radical (unpaired) electrons. The van der Waals surface area contributed by atoms with E-state index >= 15 is 0 Å². The lowest BCUT2D eigenvalue weighted by Crippen LogP contribution is -2.16. The highest BCUT2D eigenvalue weighted by atomic mass is 16.5. The van der Waals surface area contributed by atoms with Gasteiger partial charge in [0, 0.05) is 6.20 Å². The third kappa shape index (κ3) is 3.33. The summed E-state index contributed by atoms with van der Waals surface area (Å²) in [6.07, 6.45) is 9.38. The zero-order valence-corrected chi connectivity index (χ0v) is 13.6. The molecule has 0 bridgehead atoms. The van der Waals surface area contributed by atoms with Crippen LogP contribution in [-0.4, -0.2) is 22.5 Å². The van der Waals surface area contributed by atoms with Gasteiger partial charge in [-0.15, -0.1) is 0 Å². The molecule has 5 heteroatoms. The number of nitrogens with one attached hydrogen (secondary N) is 1. The van der Waals surface area contributed by atoms with Crippen molar-refractivity contribution in [2.24, 2.45) is 0 Å². The van der Waals surface area contributed by atoms with Crippen molar-refractivity contribution in [3.63, 3.8) is 0 Å². The quantitative estimate of drug-likeness (QED) is 0.874. The van der Waals surface area contributed by atoms with Crippen LogP contribution in [0, 0.1) is 6.92 Å². The highest BCUT2D eigenvalue weighted by molar-refractivity contribution is 5.90.